The van der Waals surface area contributed by atoms with Crippen LogP contribution in [0.4, 0.5) is 26.3 Å². The molecule has 210 valence electrons. The van der Waals surface area contributed by atoms with Crippen molar-refractivity contribution in [2.24, 2.45) is 0 Å². The van der Waals surface area contributed by atoms with Crippen LogP contribution in [0.1, 0.15) is 72.1 Å². The number of piperidine rings is 1. The summed E-state index contributed by atoms with van der Waals surface area (Å²) in [7, 11) is 0. The number of benzene rings is 1. The standard InChI is InChI=1S/C26H26F6N4O3/c27-25(28,29)24(38)10-5-16(6-11-24)21-34-20-19(7-12-33-22(20)35-21)15-8-13-36(14-9-15)23(37)17-1-3-18(4-2-17)39-26(30,31)32/h1-4,7,12,15-16,38H,5-6,8-11,13-14H2,(H,33,34,35). The first-order valence-electron chi connectivity index (χ1n) is 12.6. The second-order valence-corrected chi connectivity index (χ2v) is 10.2. The molecular formula is C26H26F6N4O3. The molecule has 2 N–H and O–H groups in total. The highest BCUT2D eigenvalue weighted by atomic mass is 19.4. The molecule has 0 bridgehead atoms. The first-order chi connectivity index (χ1) is 18.3. The number of aromatic amines is 1. The number of carbonyl (C=O) groups is 1. The van der Waals surface area contributed by atoms with Crippen LogP contribution >= 0.6 is 0 Å². The van der Waals surface area contributed by atoms with Crippen LogP contribution in [0.3, 0.4) is 0 Å². The normalized spacial score (nSPS) is 23.3. The van der Waals surface area contributed by atoms with Gasteiger partial charge in [0.2, 0.25) is 0 Å². The fraction of sp³-hybridized carbons (Fsp3) is 0.500. The van der Waals surface area contributed by atoms with E-state index in [0.29, 0.717) is 42.9 Å². The number of alkyl halides is 6. The van der Waals surface area contributed by atoms with Crippen LogP contribution in [0.25, 0.3) is 11.2 Å². The van der Waals surface area contributed by atoms with Gasteiger partial charge in [-0.05, 0) is 80.3 Å². The highest BCUT2D eigenvalue weighted by molar-refractivity contribution is 5.94. The number of likely N-dealkylation sites (tertiary alicyclic amines) is 1. The predicted molar refractivity (Wildman–Crippen MR) is 127 cm³/mol. The summed E-state index contributed by atoms with van der Waals surface area (Å²) >= 11 is 0. The van der Waals surface area contributed by atoms with Crippen LogP contribution < -0.4 is 4.74 Å². The number of aromatic nitrogens is 3. The Hall–Kier alpha value is -3.35. The Balaban J connectivity index is 1.24. The van der Waals surface area contributed by atoms with Crippen molar-refractivity contribution < 1.29 is 41.0 Å². The molecule has 0 atom stereocenters. The smallest absolute Gasteiger partial charge is 0.406 e. The van der Waals surface area contributed by atoms with Gasteiger partial charge in [0.25, 0.3) is 5.91 Å². The molecule has 0 radical (unpaired) electrons. The highest BCUT2D eigenvalue weighted by Crippen LogP contribution is 2.45. The van der Waals surface area contributed by atoms with Crippen molar-refractivity contribution in [2.75, 3.05) is 13.1 Å². The molecule has 2 aromatic heterocycles. The van der Waals surface area contributed by atoms with Gasteiger partial charge in [0, 0.05) is 30.8 Å². The molecular weight excluding hydrogens is 530 g/mol. The Morgan fingerprint density at radius 2 is 1.62 bits per heavy atom. The zero-order valence-corrected chi connectivity index (χ0v) is 20.6. The van der Waals surface area contributed by atoms with E-state index in [1.54, 1.807) is 11.1 Å². The number of ether oxygens (including phenoxy) is 1. The summed E-state index contributed by atoms with van der Waals surface area (Å²) in [6, 6.07) is 6.66. The van der Waals surface area contributed by atoms with E-state index in [1.807, 2.05) is 6.07 Å². The minimum Gasteiger partial charge on any atom is -0.406 e. The fourth-order valence-electron chi connectivity index (χ4n) is 5.50. The molecule has 0 spiro atoms. The number of H-pyrrole nitrogens is 1. The van der Waals surface area contributed by atoms with Gasteiger partial charge >= 0.3 is 12.5 Å². The lowest BCUT2D eigenvalue weighted by atomic mass is 9.78. The van der Waals surface area contributed by atoms with E-state index in [9.17, 15) is 36.2 Å². The molecule has 1 saturated carbocycles. The van der Waals surface area contributed by atoms with Gasteiger partial charge in [-0.15, -0.1) is 13.2 Å². The zero-order valence-electron chi connectivity index (χ0n) is 20.6. The van der Waals surface area contributed by atoms with E-state index in [-0.39, 0.29) is 49.0 Å². The van der Waals surface area contributed by atoms with E-state index in [1.165, 1.54) is 12.1 Å². The minimum absolute atomic E-state index is 0.0694. The SMILES string of the molecule is O=C(c1ccc(OC(F)(F)F)cc1)N1CCC(c2ccnc3[nH]c(C4CCC(O)(C(F)(F)F)CC4)nc23)CC1. The Bertz CT molecular complexity index is 1320. The minimum atomic E-state index is -4.81. The molecule has 1 aliphatic carbocycles. The molecule has 1 saturated heterocycles. The van der Waals surface area contributed by atoms with E-state index < -0.39 is 23.9 Å². The van der Waals surface area contributed by atoms with E-state index in [4.69, 9.17) is 4.98 Å². The number of fused-ring (bicyclic) bond motifs is 1. The van der Waals surface area contributed by atoms with Crippen molar-refractivity contribution >= 4 is 17.1 Å². The molecule has 1 aromatic carbocycles. The number of imidazole rings is 1. The molecule has 2 aliphatic rings. The maximum atomic E-state index is 13.2. The lowest BCUT2D eigenvalue weighted by molar-refractivity contribution is -0.274. The third-order valence-corrected chi connectivity index (χ3v) is 7.72. The molecule has 2 fully saturated rings. The summed E-state index contributed by atoms with van der Waals surface area (Å²) < 4.78 is 80.5. The molecule has 3 aromatic rings. The van der Waals surface area contributed by atoms with Crippen molar-refractivity contribution in [3.63, 3.8) is 0 Å². The summed E-state index contributed by atoms with van der Waals surface area (Å²) in [5.41, 5.74) is -0.279. The maximum absolute atomic E-state index is 13.2. The van der Waals surface area contributed by atoms with Gasteiger partial charge < -0.3 is 19.7 Å². The number of amides is 1. The number of aliphatic hydroxyl groups is 1. The molecule has 1 amide bonds. The lowest BCUT2D eigenvalue weighted by Crippen LogP contribution is -2.47. The number of nitrogens with zero attached hydrogens (tertiary/aromatic N) is 3. The molecule has 13 heteroatoms. The summed E-state index contributed by atoms with van der Waals surface area (Å²) in [5, 5.41) is 9.97. The predicted octanol–water partition coefficient (Wildman–Crippen LogP) is 5.83. The number of nitrogens with one attached hydrogen (secondary N) is 1. The Morgan fingerprint density at radius 3 is 2.21 bits per heavy atom. The molecule has 39 heavy (non-hydrogen) atoms. The number of pyridine rings is 1. The van der Waals surface area contributed by atoms with Gasteiger partial charge in [0.15, 0.2) is 11.2 Å². The van der Waals surface area contributed by atoms with Crippen molar-refractivity contribution in [3.05, 3.63) is 53.5 Å². The number of carbonyl (C=O) groups excluding carboxylic acids is 1. The monoisotopic (exact) mass is 556 g/mol. The van der Waals surface area contributed by atoms with Crippen LogP contribution in [0.2, 0.25) is 0 Å². The quantitative estimate of drug-likeness (QED) is 0.395. The average molecular weight is 557 g/mol. The second kappa shape index (κ2) is 10.00. The van der Waals surface area contributed by atoms with Crippen molar-refractivity contribution in [1.29, 1.82) is 0 Å². The summed E-state index contributed by atoms with van der Waals surface area (Å²) in [6.45, 7) is 0.869. The fourth-order valence-corrected chi connectivity index (χ4v) is 5.50. The number of hydrogen-bond donors (Lipinski definition) is 2. The number of hydrogen-bond acceptors (Lipinski definition) is 5. The topological polar surface area (TPSA) is 91.3 Å². The van der Waals surface area contributed by atoms with Gasteiger partial charge in [-0.1, -0.05) is 0 Å². The molecule has 1 aliphatic heterocycles. The maximum Gasteiger partial charge on any atom is 0.573 e. The lowest BCUT2D eigenvalue weighted by Gasteiger charge is -2.36. The van der Waals surface area contributed by atoms with E-state index in [2.05, 4.69) is 14.7 Å². The molecule has 0 unspecified atom stereocenters. The van der Waals surface area contributed by atoms with Gasteiger partial charge in [0.1, 0.15) is 17.1 Å². The van der Waals surface area contributed by atoms with Crippen molar-refractivity contribution in [2.45, 2.75) is 68.5 Å². The van der Waals surface area contributed by atoms with Crippen LogP contribution in [0, 0.1) is 0 Å². The van der Waals surface area contributed by atoms with Crippen LogP contribution in [-0.4, -0.2) is 62.1 Å². The van der Waals surface area contributed by atoms with Crippen molar-refractivity contribution in [1.82, 2.24) is 19.9 Å². The zero-order chi connectivity index (χ0) is 28.0. The molecule has 7 nitrogen and oxygen atoms in total. The van der Waals surface area contributed by atoms with Crippen molar-refractivity contribution in [3.8, 4) is 5.75 Å². The van der Waals surface area contributed by atoms with E-state index >= 15 is 0 Å². The summed E-state index contributed by atoms with van der Waals surface area (Å²) in [6.07, 6.45) is -7.05. The van der Waals surface area contributed by atoms with Gasteiger partial charge in [-0.3, -0.25) is 4.79 Å². The van der Waals surface area contributed by atoms with Gasteiger partial charge in [-0.25, -0.2) is 9.97 Å². The van der Waals surface area contributed by atoms with Crippen LogP contribution in [0.15, 0.2) is 36.5 Å². The number of rotatable bonds is 4. The second-order valence-electron chi connectivity index (χ2n) is 10.2. The third-order valence-electron chi connectivity index (χ3n) is 7.72. The van der Waals surface area contributed by atoms with E-state index in [0.717, 1.165) is 17.7 Å². The molecule has 3 heterocycles. The Labute approximate surface area is 219 Å². The summed E-state index contributed by atoms with van der Waals surface area (Å²) in [4.78, 5) is 26.7. The first-order valence-corrected chi connectivity index (χ1v) is 12.6. The number of halogens is 6. The average Bonchev–Trinajstić information content (AvgIpc) is 3.32. The van der Waals surface area contributed by atoms with Crippen LogP contribution in [-0.2, 0) is 0 Å². The largest absolute Gasteiger partial charge is 0.573 e. The van der Waals surface area contributed by atoms with Crippen LogP contribution in [0.5, 0.6) is 5.75 Å². The van der Waals surface area contributed by atoms with Gasteiger partial charge in [0.05, 0.1) is 0 Å². The third kappa shape index (κ3) is 5.68. The summed E-state index contributed by atoms with van der Waals surface area (Å²) in [5.74, 6) is -0.311. The Morgan fingerprint density at radius 1 is 0.974 bits per heavy atom. The Kier molecular flexibility index (Phi) is 6.98. The molecule has 5 rings (SSSR count). The first kappa shape index (κ1) is 27.2. The van der Waals surface area contributed by atoms with Gasteiger partial charge in [-0.2, -0.15) is 13.2 Å². The highest BCUT2D eigenvalue weighted by Gasteiger charge is 2.55.